The maximum absolute atomic E-state index is 12.3. The lowest BCUT2D eigenvalue weighted by molar-refractivity contribution is -0.122. The van der Waals surface area contributed by atoms with Crippen LogP contribution in [0.3, 0.4) is 0 Å². The molecule has 1 amide bonds. The number of carbonyl (C=O) groups is 1. The first-order valence-corrected chi connectivity index (χ1v) is 7.19. The van der Waals surface area contributed by atoms with Crippen molar-refractivity contribution in [2.24, 2.45) is 0 Å². The predicted octanol–water partition coefficient (Wildman–Crippen LogP) is 3.72. The summed E-state index contributed by atoms with van der Waals surface area (Å²) in [6.45, 7) is 5.73. The Kier molecular flexibility index (Phi) is 5.04. The van der Waals surface area contributed by atoms with Gasteiger partial charge < -0.3 is 14.8 Å². The van der Waals surface area contributed by atoms with Crippen molar-refractivity contribution < 1.29 is 14.3 Å². The van der Waals surface area contributed by atoms with Crippen molar-refractivity contribution in [1.82, 2.24) is 0 Å². The quantitative estimate of drug-likeness (QED) is 0.915. The fourth-order valence-electron chi connectivity index (χ4n) is 2.08. The van der Waals surface area contributed by atoms with E-state index in [1.807, 2.05) is 44.2 Å². The highest BCUT2D eigenvalue weighted by molar-refractivity contribution is 5.95. The molecule has 0 aliphatic heterocycles. The lowest BCUT2D eigenvalue weighted by atomic mass is 10.1. The third-order valence-corrected chi connectivity index (χ3v) is 3.59. The van der Waals surface area contributed by atoms with Crippen LogP contribution in [-0.4, -0.2) is 19.1 Å². The molecule has 0 spiro atoms. The molecule has 2 aromatic carbocycles. The average Bonchev–Trinajstić information content (AvgIpc) is 2.52. The summed E-state index contributed by atoms with van der Waals surface area (Å²) in [4.78, 5) is 12.3. The molecule has 0 aromatic heterocycles. The molecule has 2 aromatic rings. The summed E-state index contributed by atoms with van der Waals surface area (Å²) in [6, 6.07) is 13.1. The largest absolute Gasteiger partial charge is 0.495 e. The number of benzene rings is 2. The molecule has 0 heterocycles. The Balaban J connectivity index is 2.08. The van der Waals surface area contributed by atoms with E-state index in [9.17, 15) is 4.79 Å². The van der Waals surface area contributed by atoms with Crippen molar-refractivity contribution in [3.05, 3.63) is 53.6 Å². The average molecular weight is 299 g/mol. The van der Waals surface area contributed by atoms with Gasteiger partial charge >= 0.3 is 0 Å². The summed E-state index contributed by atoms with van der Waals surface area (Å²) < 4.78 is 11.0. The number of hydrogen-bond acceptors (Lipinski definition) is 3. The van der Waals surface area contributed by atoms with E-state index in [1.165, 1.54) is 0 Å². The van der Waals surface area contributed by atoms with Gasteiger partial charge in [0.05, 0.1) is 12.8 Å². The molecule has 4 heteroatoms. The number of amides is 1. The molecule has 0 fully saturated rings. The van der Waals surface area contributed by atoms with Gasteiger partial charge in [-0.25, -0.2) is 0 Å². The van der Waals surface area contributed by atoms with E-state index in [0.717, 1.165) is 16.9 Å². The molecular formula is C18H21NO3. The first kappa shape index (κ1) is 15.9. The van der Waals surface area contributed by atoms with Gasteiger partial charge in [-0.15, -0.1) is 0 Å². The second-order valence-corrected chi connectivity index (χ2v) is 5.15. The lowest BCUT2D eigenvalue weighted by Crippen LogP contribution is -2.30. The zero-order chi connectivity index (χ0) is 16.1. The van der Waals surface area contributed by atoms with Crippen LogP contribution in [0.5, 0.6) is 11.5 Å². The van der Waals surface area contributed by atoms with E-state index in [2.05, 4.69) is 5.32 Å². The summed E-state index contributed by atoms with van der Waals surface area (Å²) in [5.41, 5.74) is 2.81. The third kappa shape index (κ3) is 3.58. The van der Waals surface area contributed by atoms with Crippen LogP contribution in [0.15, 0.2) is 42.5 Å². The monoisotopic (exact) mass is 299 g/mol. The van der Waals surface area contributed by atoms with Crippen molar-refractivity contribution >= 4 is 11.6 Å². The number of ether oxygens (including phenoxy) is 2. The van der Waals surface area contributed by atoms with Crippen molar-refractivity contribution in [1.29, 1.82) is 0 Å². The predicted molar refractivity (Wildman–Crippen MR) is 87.6 cm³/mol. The van der Waals surface area contributed by atoms with Gasteiger partial charge in [0.2, 0.25) is 0 Å². The van der Waals surface area contributed by atoms with Gasteiger partial charge in [-0.1, -0.05) is 24.3 Å². The number of aryl methyl sites for hydroxylation is 1. The Morgan fingerprint density at radius 2 is 1.73 bits per heavy atom. The number of nitrogens with one attached hydrogen (secondary N) is 1. The van der Waals surface area contributed by atoms with Crippen LogP contribution < -0.4 is 14.8 Å². The Bertz CT molecular complexity index is 667. The van der Waals surface area contributed by atoms with Gasteiger partial charge in [-0.05, 0) is 50.1 Å². The van der Waals surface area contributed by atoms with Crippen LogP contribution in [-0.2, 0) is 4.79 Å². The normalized spacial score (nSPS) is 11.6. The van der Waals surface area contributed by atoms with Crippen LogP contribution in [0.2, 0.25) is 0 Å². The molecular weight excluding hydrogens is 278 g/mol. The van der Waals surface area contributed by atoms with E-state index in [-0.39, 0.29) is 5.91 Å². The zero-order valence-electron chi connectivity index (χ0n) is 13.3. The molecule has 0 saturated heterocycles. The highest BCUT2D eigenvalue weighted by Crippen LogP contribution is 2.25. The number of hydrogen-bond donors (Lipinski definition) is 1. The van der Waals surface area contributed by atoms with Crippen LogP contribution in [0, 0.1) is 13.8 Å². The van der Waals surface area contributed by atoms with Gasteiger partial charge in [0.1, 0.15) is 11.5 Å². The molecule has 0 aliphatic rings. The topological polar surface area (TPSA) is 47.6 Å². The summed E-state index contributed by atoms with van der Waals surface area (Å²) in [7, 11) is 1.57. The molecule has 0 saturated carbocycles. The molecule has 0 bridgehead atoms. The molecule has 1 atom stereocenters. The highest BCUT2D eigenvalue weighted by Gasteiger charge is 2.17. The van der Waals surface area contributed by atoms with Gasteiger partial charge in [0.25, 0.3) is 5.91 Å². The van der Waals surface area contributed by atoms with E-state index in [1.54, 1.807) is 26.2 Å². The summed E-state index contributed by atoms with van der Waals surface area (Å²) in [6.07, 6.45) is -0.606. The Hall–Kier alpha value is -2.49. The molecule has 2 rings (SSSR count). The van der Waals surface area contributed by atoms with Crippen molar-refractivity contribution in [2.75, 3.05) is 12.4 Å². The molecule has 1 unspecified atom stereocenters. The number of methoxy groups -OCH3 is 1. The maximum atomic E-state index is 12.3. The fourth-order valence-corrected chi connectivity index (χ4v) is 2.08. The smallest absolute Gasteiger partial charge is 0.265 e. The van der Waals surface area contributed by atoms with Crippen molar-refractivity contribution in [3.8, 4) is 11.5 Å². The molecule has 1 N–H and O–H groups in total. The minimum atomic E-state index is -0.606. The number of carbonyl (C=O) groups excluding carboxylic acids is 1. The van der Waals surface area contributed by atoms with Gasteiger partial charge in [0, 0.05) is 0 Å². The SMILES string of the molecule is COc1ccccc1NC(=O)C(C)Oc1cccc(C)c1C. The van der Waals surface area contributed by atoms with Crippen molar-refractivity contribution in [2.45, 2.75) is 26.9 Å². The number of anilines is 1. The Labute approximate surface area is 131 Å². The Morgan fingerprint density at radius 3 is 2.45 bits per heavy atom. The van der Waals surface area contributed by atoms with E-state index in [4.69, 9.17) is 9.47 Å². The van der Waals surface area contributed by atoms with Gasteiger partial charge in [0.15, 0.2) is 6.10 Å². The molecule has 22 heavy (non-hydrogen) atoms. The molecule has 4 nitrogen and oxygen atoms in total. The lowest BCUT2D eigenvalue weighted by Gasteiger charge is -2.18. The van der Waals surface area contributed by atoms with Crippen LogP contribution in [0.1, 0.15) is 18.1 Å². The first-order chi connectivity index (χ1) is 10.5. The molecule has 0 radical (unpaired) electrons. The van der Waals surface area contributed by atoms with Crippen LogP contribution >= 0.6 is 0 Å². The number of rotatable bonds is 5. The van der Waals surface area contributed by atoms with E-state index >= 15 is 0 Å². The summed E-state index contributed by atoms with van der Waals surface area (Å²) >= 11 is 0. The second kappa shape index (κ2) is 6.98. The first-order valence-electron chi connectivity index (χ1n) is 7.19. The standard InChI is InChI=1S/C18H21NO3/c1-12-8-7-11-16(13(12)2)22-14(3)18(20)19-15-9-5-6-10-17(15)21-4/h5-11,14H,1-4H3,(H,19,20). The van der Waals surface area contributed by atoms with Crippen molar-refractivity contribution in [3.63, 3.8) is 0 Å². The maximum Gasteiger partial charge on any atom is 0.265 e. The third-order valence-electron chi connectivity index (χ3n) is 3.59. The van der Waals surface area contributed by atoms with Gasteiger partial charge in [-0.3, -0.25) is 4.79 Å². The second-order valence-electron chi connectivity index (χ2n) is 5.15. The van der Waals surface area contributed by atoms with Crippen LogP contribution in [0.25, 0.3) is 0 Å². The fraction of sp³-hybridized carbons (Fsp3) is 0.278. The van der Waals surface area contributed by atoms with Crippen LogP contribution in [0.4, 0.5) is 5.69 Å². The molecule has 116 valence electrons. The summed E-state index contributed by atoms with van der Waals surface area (Å²) in [5, 5.41) is 2.83. The van der Waals surface area contributed by atoms with Gasteiger partial charge in [-0.2, -0.15) is 0 Å². The Morgan fingerprint density at radius 1 is 1.05 bits per heavy atom. The molecule has 0 aliphatic carbocycles. The van der Waals surface area contributed by atoms with E-state index in [0.29, 0.717) is 11.4 Å². The number of para-hydroxylation sites is 2. The minimum Gasteiger partial charge on any atom is -0.495 e. The minimum absolute atomic E-state index is 0.217. The highest BCUT2D eigenvalue weighted by atomic mass is 16.5. The summed E-state index contributed by atoms with van der Waals surface area (Å²) in [5.74, 6) is 1.13. The zero-order valence-corrected chi connectivity index (χ0v) is 13.3. The van der Waals surface area contributed by atoms with E-state index < -0.39 is 6.10 Å².